The Hall–Kier alpha value is -4.69. The van der Waals surface area contributed by atoms with Crippen molar-refractivity contribution in [1.29, 1.82) is 10.5 Å². The molecular weight excluding hydrogens is 400 g/mol. The molecule has 0 saturated heterocycles. The van der Waals surface area contributed by atoms with E-state index in [0.717, 1.165) is 28.1 Å². The molecule has 32 heavy (non-hydrogen) atoms. The largest absolute Gasteiger partial charge is 0.340 e. The van der Waals surface area contributed by atoms with Gasteiger partial charge in [0.05, 0.1) is 24.0 Å². The second-order valence-electron chi connectivity index (χ2n) is 7.40. The number of rotatable bonds is 5. The number of aromatic nitrogens is 4. The number of benzene rings is 2. The first-order chi connectivity index (χ1) is 15.5. The van der Waals surface area contributed by atoms with Crippen LogP contribution in [0.3, 0.4) is 0 Å². The third kappa shape index (κ3) is 4.25. The average molecular weight is 420 g/mol. The van der Waals surface area contributed by atoms with Gasteiger partial charge in [-0.15, -0.1) is 0 Å². The van der Waals surface area contributed by atoms with E-state index in [1.54, 1.807) is 37.5 Å². The molecule has 0 amide bonds. The van der Waals surface area contributed by atoms with Crippen molar-refractivity contribution in [2.24, 2.45) is 0 Å². The molecule has 0 aliphatic rings. The third-order valence-corrected chi connectivity index (χ3v) is 4.91. The summed E-state index contributed by atoms with van der Waals surface area (Å²) in [6, 6.07) is 15.4. The summed E-state index contributed by atoms with van der Waals surface area (Å²) in [5.41, 5.74) is 7.16. The van der Waals surface area contributed by atoms with E-state index in [2.05, 4.69) is 42.7 Å². The van der Waals surface area contributed by atoms with Gasteiger partial charge < -0.3 is 15.6 Å². The van der Waals surface area contributed by atoms with Gasteiger partial charge in [-0.25, -0.2) is 4.98 Å². The van der Waals surface area contributed by atoms with Crippen molar-refractivity contribution in [3.63, 3.8) is 0 Å². The second-order valence-corrected chi connectivity index (χ2v) is 7.40. The number of hydrogen-bond acceptors (Lipinski definition) is 7. The van der Waals surface area contributed by atoms with Crippen LogP contribution in [0.5, 0.6) is 0 Å². The van der Waals surface area contributed by atoms with E-state index >= 15 is 0 Å². The zero-order valence-corrected chi connectivity index (χ0v) is 17.9. The Labute approximate surface area is 185 Å². The van der Waals surface area contributed by atoms with Crippen molar-refractivity contribution in [2.75, 3.05) is 10.6 Å². The Balaban J connectivity index is 1.69. The highest BCUT2D eigenvalue weighted by Gasteiger charge is 2.13. The minimum absolute atomic E-state index is 0.385. The molecule has 4 aromatic rings. The Bertz CT molecular complexity index is 1390. The molecule has 0 radical (unpaired) electrons. The zero-order chi connectivity index (χ0) is 22.7. The minimum atomic E-state index is 0.385. The molecular formula is C24H20N8. The van der Waals surface area contributed by atoms with Crippen LogP contribution in [0.1, 0.15) is 29.2 Å². The fourth-order valence-electron chi connectivity index (χ4n) is 3.41. The number of nitrogens with zero attached hydrogens (tertiary/aromatic N) is 5. The van der Waals surface area contributed by atoms with E-state index in [4.69, 9.17) is 10.5 Å². The van der Waals surface area contributed by atoms with Crippen LogP contribution in [0, 0.1) is 36.5 Å². The maximum atomic E-state index is 9.05. The molecule has 4 rings (SSSR count). The summed E-state index contributed by atoms with van der Waals surface area (Å²) in [5.74, 6) is 0.975. The standard InChI is InChI=1S/C24H20N8/c1-14(11-25)8-18-9-15(2)20(16(3)10-18)30-23-21-22(28-13-27-21)31-24(32-23)29-19-6-4-17(12-26)5-7-19/h4-10,13H,1-3H3,(H3,27,28,29,30,31,32)/b14-8+. The van der Waals surface area contributed by atoms with Gasteiger partial charge >= 0.3 is 0 Å². The van der Waals surface area contributed by atoms with E-state index in [-0.39, 0.29) is 0 Å². The van der Waals surface area contributed by atoms with Crippen molar-refractivity contribution in [3.05, 3.63) is 70.6 Å². The highest BCUT2D eigenvalue weighted by molar-refractivity contribution is 5.87. The van der Waals surface area contributed by atoms with Gasteiger partial charge in [0, 0.05) is 16.9 Å². The van der Waals surface area contributed by atoms with Crippen LogP contribution in [0.4, 0.5) is 23.1 Å². The van der Waals surface area contributed by atoms with Crippen LogP contribution in [0.15, 0.2) is 48.3 Å². The van der Waals surface area contributed by atoms with Crippen LogP contribution < -0.4 is 10.6 Å². The average Bonchev–Trinajstić information content (AvgIpc) is 3.25. The number of nitrogens with one attached hydrogen (secondary N) is 3. The van der Waals surface area contributed by atoms with Crippen molar-refractivity contribution < 1.29 is 0 Å². The van der Waals surface area contributed by atoms with Crippen LogP contribution in [-0.4, -0.2) is 19.9 Å². The molecule has 0 unspecified atom stereocenters. The van der Waals surface area contributed by atoms with E-state index in [9.17, 15) is 0 Å². The molecule has 2 heterocycles. The zero-order valence-electron chi connectivity index (χ0n) is 17.9. The Morgan fingerprint density at radius 1 is 1.03 bits per heavy atom. The summed E-state index contributed by atoms with van der Waals surface area (Å²) in [7, 11) is 0. The number of hydrogen-bond donors (Lipinski definition) is 3. The molecule has 0 aliphatic heterocycles. The summed E-state index contributed by atoms with van der Waals surface area (Å²) < 4.78 is 0. The van der Waals surface area contributed by atoms with Gasteiger partial charge in [0.2, 0.25) is 5.95 Å². The van der Waals surface area contributed by atoms with E-state index in [1.165, 1.54) is 0 Å². The summed E-state index contributed by atoms with van der Waals surface area (Å²) in [6.45, 7) is 5.81. The van der Waals surface area contributed by atoms with Crippen LogP contribution in [0.25, 0.3) is 17.2 Å². The maximum Gasteiger partial charge on any atom is 0.231 e. The molecule has 8 heteroatoms. The Morgan fingerprint density at radius 2 is 1.75 bits per heavy atom. The number of imidazole rings is 1. The number of allylic oxidation sites excluding steroid dienone is 1. The lowest BCUT2D eigenvalue weighted by atomic mass is 10.0. The summed E-state index contributed by atoms with van der Waals surface area (Å²) in [5, 5.41) is 24.6. The molecule has 0 fully saturated rings. The van der Waals surface area contributed by atoms with Crippen molar-refractivity contribution in [2.45, 2.75) is 20.8 Å². The monoisotopic (exact) mass is 420 g/mol. The number of aryl methyl sites for hydroxylation is 2. The molecule has 0 bridgehead atoms. The molecule has 156 valence electrons. The smallest absolute Gasteiger partial charge is 0.231 e. The van der Waals surface area contributed by atoms with Crippen molar-refractivity contribution in [3.8, 4) is 12.1 Å². The molecule has 8 nitrogen and oxygen atoms in total. The number of H-pyrrole nitrogens is 1. The SMILES string of the molecule is C/C(C#N)=C\c1cc(C)c(Nc2nc(Nc3ccc(C#N)cc3)nc3nc[nH]c23)c(C)c1. The first-order valence-electron chi connectivity index (χ1n) is 9.92. The summed E-state index contributed by atoms with van der Waals surface area (Å²) in [4.78, 5) is 16.5. The molecule has 0 spiro atoms. The lowest BCUT2D eigenvalue weighted by molar-refractivity contribution is 1.19. The molecule has 0 aliphatic carbocycles. The topological polar surface area (TPSA) is 126 Å². The van der Waals surface area contributed by atoms with Gasteiger partial charge in [-0.05, 0) is 79.9 Å². The lowest BCUT2D eigenvalue weighted by Crippen LogP contribution is -2.04. The first kappa shape index (κ1) is 20.6. The Kier molecular flexibility index (Phi) is 5.52. The van der Waals surface area contributed by atoms with Gasteiger partial charge in [0.25, 0.3) is 0 Å². The van der Waals surface area contributed by atoms with Crippen molar-refractivity contribution in [1.82, 2.24) is 19.9 Å². The lowest BCUT2D eigenvalue weighted by Gasteiger charge is -2.15. The van der Waals surface area contributed by atoms with Crippen molar-refractivity contribution >= 4 is 40.4 Å². The fraction of sp³-hybridized carbons (Fsp3) is 0.125. The number of nitriles is 2. The van der Waals surface area contributed by atoms with Crippen LogP contribution in [0.2, 0.25) is 0 Å². The van der Waals surface area contributed by atoms with E-state index in [0.29, 0.717) is 34.1 Å². The number of aromatic amines is 1. The second kappa shape index (κ2) is 8.58. The van der Waals surface area contributed by atoms with Crippen LogP contribution in [-0.2, 0) is 0 Å². The normalized spacial score (nSPS) is 11.1. The first-order valence-corrected chi connectivity index (χ1v) is 9.92. The minimum Gasteiger partial charge on any atom is -0.340 e. The third-order valence-electron chi connectivity index (χ3n) is 4.91. The van der Waals surface area contributed by atoms with Crippen LogP contribution >= 0.6 is 0 Å². The maximum absolute atomic E-state index is 9.05. The highest BCUT2D eigenvalue weighted by Crippen LogP contribution is 2.29. The molecule has 3 N–H and O–H groups in total. The predicted molar refractivity (Wildman–Crippen MR) is 125 cm³/mol. The Morgan fingerprint density at radius 3 is 2.41 bits per heavy atom. The molecule has 0 saturated carbocycles. The fourth-order valence-corrected chi connectivity index (χ4v) is 3.41. The predicted octanol–water partition coefficient (Wildman–Crippen LogP) is 5.26. The molecule has 2 aromatic heterocycles. The van der Waals surface area contributed by atoms with Gasteiger partial charge in [-0.3, -0.25) is 0 Å². The van der Waals surface area contributed by atoms with E-state index < -0.39 is 0 Å². The summed E-state index contributed by atoms with van der Waals surface area (Å²) >= 11 is 0. The van der Waals surface area contributed by atoms with Gasteiger partial charge in [0.15, 0.2) is 11.5 Å². The van der Waals surface area contributed by atoms with Gasteiger partial charge in [-0.2, -0.15) is 20.5 Å². The molecule has 0 atom stereocenters. The van der Waals surface area contributed by atoms with E-state index in [1.807, 2.05) is 32.1 Å². The molecule has 2 aromatic carbocycles. The van der Waals surface area contributed by atoms with Gasteiger partial charge in [0.1, 0.15) is 5.52 Å². The summed E-state index contributed by atoms with van der Waals surface area (Å²) in [6.07, 6.45) is 3.44. The van der Waals surface area contributed by atoms with Gasteiger partial charge in [-0.1, -0.05) is 0 Å². The highest BCUT2D eigenvalue weighted by atomic mass is 15.2. The number of fused-ring (bicyclic) bond motifs is 1. The number of anilines is 4. The quantitative estimate of drug-likeness (QED) is 0.376.